The van der Waals surface area contributed by atoms with Gasteiger partial charge in [-0.3, -0.25) is 0 Å². The summed E-state index contributed by atoms with van der Waals surface area (Å²) < 4.78 is 38.4. The fourth-order valence-corrected chi connectivity index (χ4v) is 6.22. The van der Waals surface area contributed by atoms with Gasteiger partial charge < -0.3 is 0 Å². The van der Waals surface area contributed by atoms with Crippen LogP contribution in [-0.4, -0.2) is 9.69 Å². The fraction of sp³-hybridized carbons (Fsp3) is 0.0500. The van der Waals surface area contributed by atoms with Crippen LogP contribution in [0.15, 0.2) is 60.7 Å². The van der Waals surface area contributed by atoms with Crippen LogP contribution < -0.4 is 10.6 Å². The molecule has 0 N–H and O–H groups in total. The van der Waals surface area contributed by atoms with Gasteiger partial charge in [0.25, 0.3) is 0 Å². The number of thiocarbonyl (C=S) groups is 1. The molecule has 150 valence electrons. The smallest absolute Gasteiger partial charge is 0 e. The maximum absolute atomic E-state index is 8.72. The van der Waals surface area contributed by atoms with Crippen molar-refractivity contribution in [1.82, 2.24) is 0 Å². The largest absolute Gasteiger partial charge is 0 e. The average Bonchev–Trinajstić information content (AvgIpc) is 2.85. The number of nitrogens with zero attached hydrogens (tertiary/aromatic N) is 1. The van der Waals surface area contributed by atoms with Gasteiger partial charge in [0.2, 0.25) is 0 Å². The molecule has 0 atom stereocenters. The van der Waals surface area contributed by atoms with Crippen molar-refractivity contribution in [3.63, 3.8) is 0 Å². The van der Waals surface area contributed by atoms with Crippen molar-refractivity contribution in [2.75, 3.05) is 5.75 Å². The molecule has 2 aromatic rings. The summed E-state index contributed by atoms with van der Waals surface area (Å²) in [6.07, 6.45) is 0. The topological polar surface area (TPSA) is 123 Å². The summed E-state index contributed by atoms with van der Waals surface area (Å²) >= 11 is 7.05. The van der Waals surface area contributed by atoms with Crippen molar-refractivity contribution in [3.8, 4) is 6.07 Å². The van der Waals surface area contributed by atoms with Crippen LogP contribution in [-0.2, 0) is 44.3 Å². The third-order valence-electron chi connectivity index (χ3n) is 2.60. The molecule has 0 fully saturated rings. The number of thioether (sulfide) groups is 1. The maximum atomic E-state index is 8.72. The van der Waals surface area contributed by atoms with Gasteiger partial charge in [-0.15, -0.1) is 0 Å². The zero-order chi connectivity index (χ0) is 23.5. The fourth-order valence-electron chi connectivity index (χ4n) is 1.78. The van der Waals surface area contributed by atoms with Crippen LogP contribution in [0.3, 0.4) is 0 Å². The van der Waals surface area contributed by atoms with Crippen LogP contribution in [0.5, 0.6) is 0 Å². The van der Waals surface area contributed by atoms with Gasteiger partial charge in [-0.2, -0.15) is 5.26 Å². The molecule has 0 aromatic heterocycles. The summed E-state index contributed by atoms with van der Waals surface area (Å²) in [7, 11) is -1.11. The Morgan fingerprint density at radius 2 is 1.07 bits per heavy atom. The molecule has 2 rings (SSSR count). The number of hydrogen-bond donors (Lipinski definition) is 0. The normalized spacial score (nSPS) is 6.73. The Balaban J connectivity index is -0.000000166. The molecular formula is C20H13NO5PS2W+. The van der Waals surface area contributed by atoms with E-state index >= 15 is 0 Å². The second-order valence-corrected chi connectivity index (χ2v) is 8.62. The van der Waals surface area contributed by atoms with Crippen LogP contribution in [0.2, 0.25) is 0 Å². The van der Waals surface area contributed by atoms with Crippen molar-refractivity contribution in [1.29, 1.82) is 5.26 Å². The number of hydrogen-bond acceptors (Lipinski definition) is 3. The second kappa shape index (κ2) is 34.7. The van der Waals surface area contributed by atoms with Crippen molar-refractivity contribution in [2.24, 2.45) is 0 Å². The molecule has 10 heteroatoms. The van der Waals surface area contributed by atoms with Gasteiger partial charge in [0.1, 0.15) is 18.5 Å². The van der Waals surface area contributed by atoms with Crippen LogP contribution in [0, 0.1) is 44.6 Å². The van der Waals surface area contributed by atoms with Gasteiger partial charge in [-0.05, 0) is 36.5 Å². The van der Waals surface area contributed by atoms with Gasteiger partial charge >= 0.3 is 56.5 Å². The minimum atomic E-state index is -1.11. The monoisotopic (exact) mass is 626 g/mol. The van der Waals surface area contributed by atoms with E-state index in [2.05, 4.69) is 63.6 Å². The molecule has 0 saturated heterocycles. The summed E-state index contributed by atoms with van der Waals surface area (Å²) in [6, 6.07) is 22.8. The van der Waals surface area contributed by atoms with E-state index < -0.39 is 7.92 Å². The SMILES string of the molecule is N#CCSC(=S)[PH+](c1ccccc1)c1ccccc1.[C-]#[O+].[C-]#[O+].[C-]#[O+].[C-]#[O+].[C-]#[O+].[W]. The second-order valence-electron chi connectivity index (χ2n) is 3.84. The van der Waals surface area contributed by atoms with Crippen LogP contribution in [0.1, 0.15) is 0 Å². The third kappa shape index (κ3) is 18.2. The molecule has 6 nitrogen and oxygen atoms in total. The average molecular weight is 626 g/mol. The molecule has 0 aliphatic carbocycles. The van der Waals surface area contributed by atoms with Crippen LogP contribution in [0.25, 0.3) is 0 Å². The third-order valence-corrected chi connectivity index (χ3v) is 7.37. The Morgan fingerprint density at radius 3 is 1.33 bits per heavy atom. The number of benzene rings is 2. The maximum Gasteiger partial charge on any atom is 0 e. The molecule has 0 aliphatic heterocycles. The van der Waals surface area contributed by atoms with E-state index in [1.165, 1.54) is 22.4 Å². The molecule has 0 radical (unpaired) electrons. The molecule has 0 spiro atoms. The minimum absolute atomic E-state index is 0. The quantitative estimate of drug-likeness (QED) is 0.224. The Kier molecular flexibility index (Phi) is 44.8. The standard InChI is InChI=1S/C15H12NPS2.5CO.W/c16-11-12-19-15(18)17(13-7-3-1-4-8-13)14-9-5-2-6-10-14;5*1-2;/h1-10H,12H2;;;;;;/p+1. The van der Waals surface area contributed by atoms with Gasteiger partial charge in [0, 0.05) is 21.1 Å². The van der Waals surface area contributed by atoms with Crippen molar-refractivity contribution in [2.45, 2.75) is 0 Å². The van der Waals surface area contributed by atoms with Gasteiger partial charge in [0.05, 0.1) is 11.8 Å². The summed E-state index contributed by atoms with van der Waals surface area (Å²) in [4.78, 5) is 0. The van der Waals surface area contributed by atoms with E-state index in [4.69, 9.17) is 40.7 Å². The number of nitriles is 1. The summed E-state index contributed by atoms with van der Waals surface area (Å²) in [5.41, 5.74) is 0. The molecular weight excluding hydrogens is 613 g/mol. The molecule has 0 heterocycles. The van der Waals surface area contributed by atoms with E-state index in [9.17, 15) is 0 Å². The Morgan fingerprint density at radius 1 is 0.767 bits per heavy atom. The Labute approximate surface area is 201 Å². The van der Waals surface area contributed by atoms with Gasteiger partial charge in [-0.1, -0.05) is 48.2 Å². The zero-order valence-corrected chi connectivity index (χ0v) is 20.8. The van der Waals surface area contributed by atoms with Crippen molar-refractivity contribution < 1.29 is 44.3 Å². The predicted molar refractivity (Wildman–Crippen MR) is 111 cm³/mol. The zero-order valence-electron chi connectivity index (χ0n) is 15.2. The van der Waals surface area contributed by atoms with Crippen LogP contribution >= 0.6 is 31.9 Å². The van der Waals surface area contributed by atoms with E-state index in [1.54, 1.807) is 0 Å². The Bertz CT molecular complexity index is 729. The van der Waals surface area contributed by atoms with E-state index in [1.807, 2.05) is 36.4 Å². The Hall–Kier alpha value is -1.81. The summed E-state index contributed by atoms with van der Waals surface area (Å²) in [5.74, 6) is 0.423. The molecule has 30 heavy (non-hydrogen) atoms. The van der Waals surface area contributed by atoms with E-state index in [0.29, 0.717) is 5.75 Å². The first kappa shape index (κ1) is 38.8. The molecule has 0 aliphatic rings. The molecule has 0 amide bonds. The first-order valence-corrected chi connectivity index (χ1v) is 9.76. The first-order valence-electron chi connectivity index (χ1n) is 6.87. The summed E-state index contributed by atoms with van der Waals surface area (Å²) in [5, 5.41) is 11.3. The van der Waals surface area contributed by atoms with Crippen molar-refractivity contribution in [3.05, 3.63) is 93.9 Å². The molecule has 0 unspecified atom stereocenters. The molecule has 0 bridgehead atoms. The van der Waals surface area contributed by atoms with Gasteiger partial charge in [-0.25, -0.2) is 0 Å². The first-order chi connectivity index (χ1) is 14.3. The van der Waals surface area contributed by atoms with Crippen LogP contribution in [0.4, 0.5) is 0 Å². The molecule has 0 saturated carbocycles. The summed E-state index contributed by atoms with van der Waals surface area (Å²) in [6.45, 7) is 22.5. The van der Waals surface area contributed by atoms with E-state index in [0.717, 1.165) is 3.94 Å². The minimum Gasteiger partial charge on any atom is 0 e. The van der Waals surface area contributed by atoms with E-state index in [-0.39, 0.29) is 21.1 Å². The number of rotatable bonds is 4. The van der Waals surface area contributed by atoms with Gasteiger partial charge in [0.15, 0.2) is 3.94 Å². The predicted octanol–water partition coefficient (Wildman–Crippen LogP) is 3.20. The van der Waals surface area contributed by atoms with Crippen molar-refractivity contribution >= 4 is 46.4 Å². The molecule has 2 aromatic carbocycles.